The van der Waals surface area contributed by atoms with E-state index >= 15 is 0 Å². The van der Waals surface area contributed by atoms with E-state index in [9.17, 15) is 4.79 Å². The quantitative estimate of drug-likeness (QED) is 0.912. The Morgan fingerprint density at radius 3 is 2.89 bits per heavy atom. The molecule has 1 N–H and O–H groups in total. The lowest BCUT2D eigenvalue weighted by atomic mass is 10.1. The standard InChI is InChI=1S/C14H16BrNO2/c1-2-3-4-10-8-16(9-14(17)18)13-6-5-11(15)7-12(10)13/h5-8H,2-4,9H2,1H3,(H,17,18). The SMILES string of the molecule is CCCCc1cn(CC(=O)O)c2ccc(Br)cc12. The van der Waals surface area contributed by atoms with E-state index in [0.717, 1.165) is 34.6 Å². The Bertz CT molecular complexity index is 574. The lowest BCUT2D eigenvalue weighted by molar-refractivity contribution is -0.137. The fourth-order valence-corrected chi connectivity index (χ4v) is 2.55. The second-order valence-electron chi connectivity index (χ2n) is 4.44. The van der Waals surface area contributed by atoms with Crippen LogP contribution in [0.25, 0.3) is 10.9 Å². The smallest absolute Gasteiger partial charge is 0.323 e. The average molecular weight is 310 g/mol. The van der Waals surface area contributed by atoms with Crippen LogP contribution in [0, 0.1) is 0 Å². The number of aromatic nitrogens is 1. The number of halogens is 1. The molecule has 2 rings (SSSR count). The van der Waals surface area contributed by atoms with Crippen molar-refractivity contribution in [3.8, 4) is 0 Å². The van der Waals surface area contributed by atoms with Crippen LogP contribution >= 0.6 is 15.9 Å². The maximum atomic E-state index is 10.9. The van der Waals surface area contributed by atoms with Gasteiger partial charge in [-0.3, -0.25) is 4.79 Å². The normalized spacial score (nSPS) is 11.0. The molecule has 0 atom stereocenters. The van der Waals surface area contributed by atoms with Crippen LogP contribution < -0.4 is 0 Å². The molecule has 18 heavy (non-hydrogen) atoms. The largest absolute Gasteiger partial charge is 0.480 e. The molecule has 0 fully saturated rings. The molecule has 4 heteroatoms. The van der Waals surface area contributed by atoms with Gasteiger partial charge in [0.15, 0.2) is 0 Å². The number of aliphatic carboxylic acids is 1. The van der Waals surface area contributed by atoms with E-state index in [4.69, 9.17) is 5.11 Å². The van der Waals surface area contributed by atoms with E-state index in [1.165, 1.54) is 5.56 Å². The summed E-state index contributed by atoms with van der Waals surface area (Å²) in [5.41, 5.74) is 2.22. The summed E-state index contributed by atoms with van der Waals surface area (Å²) in [6.45, 7) is 2.18. The molecule has 0 spiro atoms. The maximum absolute atomic E-state index is 10.9. The number of carboxylic acids is 1. The molecule has 0 aliphatic heterocycles. The van der Waals surface area contributed by atoms with E-state index in [2.05, 4.69) is 28.9 Å². The topological polar surface area (TPSA) is 42.2 Å². The molecule has 0 amide bonds. The van der Waals surface area contributed by atoms with Crippen LogP contribution in [-0.4, -0.2) is 15.6 Å². The fourth-order valence-electron chi connectivity index (χ4n) is 2.19. The van der Waals surface area contributed by atoms with Crippen LogP contribution in [0.2, 0.25) is 0 Å². The van der Waals surface area contributed by atoms with Crippen molar-refractivity contribution < 1.29 is 9.90 Å². The monoisotopic (exact) mass is 309 g/mol. The lowest BCUT2D eigenvalue weighted by Crippen LogP contribution is -2.07. The van der Waals surface area contributed by atoms with Gasteiger partial charge in [0, 0.05) is 21.6 Å². The molecule has 0 bridgehead atoms. The number of carbonyl (C=O) groups is 1. The van der Waals surface area contributed by atoms with Gasteiger partial charge in [0.05, 0.1) is 0 Å². The first-order valence-electron chi connectivity index (χ1n) is 6.11. The predicted molar refractivity (Wildman–Crippen MR) is 75.9 cm³/mol. The molecule has 0 aliphatic rings. The molecule has 0 radical (unpaired) electrons. The molecule has 0 unspecified atom stereocenters. The Hall–Kier alpha value is -1.29. The summed E-state index contributed by atoms with van der Waals surface area (Å²) in [7, 11) is 0. The maximum Gasteiger partial charge on any atom is 0.323 e. The molecule has 1 aromatic heterocycles. The minimum absolute atomic E-state index is 0.0181. The number of fused-ring (bicyclic) bond motifs is 1. The molecule has 1 aromatic carbocycles. The van der Waals surface area contributed by atoms with Gasteiger partial charge in [0.2, 0.25) is 0 Å². The summed E-state index contributed by atoms with van der Waals surface area (Å²) < 4.78 is 2.84. The average Bonchev–Trinajstić information content (AvgIpc) is 2.63. The van der Waals surface area contributed by atoms with Crippen LogP contribution in [0.1, 0.15) is 25.3 Å². The van der Waals surface area contributed by atoms with Crippen molar-refractivity contribution in [2.75, 3.05) is 0 Å². The van der Waals surface area contributed by atoms with Crippen molar-refractivity contribution in [3.63, 3.8) is 0 Å². The minimum Gasteiger partial charge on any atom is -0.480 e. The van der Waals surface area contributed by atoms with Gasteiger partial charge < -0.3 is 9.67 Å². The van der Waals surface area contributed by atoms with E-state index < -0.39 is 5.97 Å². The summed E-state index contributed by atoms with van der Waals surface area (Å²) in [5.74, 6) is -0.808. The highest BCUT2D eigenvalue weighted by atomic mass is 79.9. The summed E-state index contributed by atoms with van der Waals surface area (Å²) in [6, 6.07) is 5.99. The molecule has 0 saturated carbocycles. The van der Waals surface area contributed by atoms with Gasteiger partial charge in [-0.05, 0) is 36.6 Å². The van der Waals surface area contributed by atoms with Gasteiger partial charge in [0.1, 0.15) is 6.54 Å². The molecule has 1 heterocycles. The van der Waals surface area contributed by atoms with Gasteiger partial charge in [-0.1, -0.05) is 29.3 Å². The zero-order valence-corrected chi connectivity index (χ0v) is 11.9. The van der Waals surface area contributed by atoms with Gasteiger partial charge in [-0.2, -0.15) is 0 Å². The zero-order valence-electron chi connectivity index (χ0n) is 10.3. The van der Waals surface area contributed by atoms with Crippen LogP contribution in [0.4, 0.5) is 0 Å². The zero-order chi connectivity index (χ0) is 13.1. The Morgan fingerprint density at radius 2 is 2.22 bits per heavy atom. The summed E-state index contributed by atoms with van der Waals surface area (Å²) in [6.07, 6.45) is 5.23. The first-order valence-corrected chi connectivity index (χ1v) is 6.90. The summed E-state index contributed by atoms with van der Waals surface area (Å²) in [4.78, 5) is 10.9. The highest BCUT2D eigenvalue weighted by molar-refractivity contribution is 9.10. The first-order chi connectivity index (χ1) is 8.61. The number of aryl methyl sites for hydroxylation is 1. The summed E-state index contributed by atoms with van der Waals surface area (Å²) in [5, 5.41) is 10.1. The van der Waals surface area contributed by atoms with Crippen molar-refractivity contribution in [2.45, 2.75) is 32.7 Å². The predicted octanol–water partition coefficient (Wildman–Crippen LogP) is 3.83. The fraction of sp³-hybridized carbons (Fsp3) is 0.357. The molecule has 2 aromatic rings. The Labute approximate surface area is 115 Å². The Morgan fingerprint density at radius 1 is 1.44 bits per heavy atom. The number of benzene rings is 1. The molecule has 3 nitrogen and oxygen atoms in total. The number of hydrogen-bond donors (Lipinski definition) is 1. The van der Waals surface area contributed by atoms with Crippen LogP contribution in [0.3, 0.4) is 0 Å². The van der Waals surface area contributed by atoms with Gasteiger partial charge >= 0.3 is 5.97 Å². The molecule has 96 valence electrons. The number of nitrogens with zero attached hydrogens (tertiary/aromatic N) is 1. The van der Waals surface area contributed by atoms with E-state index in [-0.39, 0.29) is 6.54 Å². The molecule has 0 aliphatic carbocycles. The third-order valence-corrected chi connectivity index (χ3v) is 3.52. The summed E-state index contributed by atoms with van der Waals surface area (Å²) >= 11 is 3.47. The van der Waals surface area contributed by atoms with E-state index in [0.29, 0.717) is 0 Å². The van der Waals surface area contributed by atoms with Crippen molar-refractivity contribution in [2.24, 2.45) is 0 Å². The Kier molecular flexibility index (Phi) is 4.07. The van der Waals surface area contributed by atoms with Crippen LogP contribution in [0.5, 0.6) is 0 Å². The lowest BCUT2D eigenvalue weighted by Gasteiger charge is -2.00. The highest BCUT2D eigenvalue weighted by Gasteiger charge is 2.10. The Balaban J connectivity index is 2.48. The molecular weight excluding hydrogens is 294 g/mol. The number of carboxylic acid groups (broad SMARTS) is 1. The third-order valence-electron chi connectivity index (χ3n) is 3.03. The van der Waals surface area contributed by atoms with Crippen molar-refractivity contribution >= 4 is 32.8 Å². The number of rotatable bonds is 5. The number of hydrogen-bond acceptors (Lipinski definition) is 1. The van der Waals surface area contributed by atoms with Gasteiger partial charge in [0.25, 0.3) is 0 Å². The van der Waals surface area contributed by atoms with Crippen LogP contribution in [-0.2, 0) is 17.8 Å². The van der Waals surface area contributed by atoms with Crippen molar-refractivity contribution in [3.05, 3.63) is 34.4 Å². The minimum atomic E-state index is -0.808. The van der Waals surface area contributed by atoms with Crippen LogP contribution in [0.15, 0.2) is 28.9 Å². The van der Waals surface area contributed by atoms with Gasteiger partial charge in [-0.25, -0.2) is 0 Å². The molecule has 0 saturated heterocycles. The first kappa shape index (κ1) is 13.1. The second-order valence-corrected chi connectivity index (χ2v) is 5.36. The third kappa shape index (κ3) is 2.75. The van der Waals surface area contributed by atoms with Crippen molar-refractivity contribution in [1.29, 1.82) is 0 Å². The van der Waals surface area contributed by atoms with Gasteiger partial charge in [-0.15, -0.1) is 0 Å². The number of unbranched alkanes of at least 4 members (excludes halogenated alkanes) is 1. The van der Waals surface area contributed by atoms with E-state index in [1.807, 2.05) is 22.9 Å². The molecular formula is C14H16BrNO2. The van der Waals surface area contributed by atoms with Crippen molar-refractivity contribution in [1.82, 2.24) is 4.57 Å². The second kappa shape index (κ2) is 5.57. The van der Waals surface area contributed by atoms with E-state index in [1.54, 1.807) is 0 Å². The highest BCUT2D eigenvalue weighted by Crippen LogP contribution is 2.26.